The fraction of sp³-hybridized carbons (Fsp3) is 0.100. The first-order valence-electron chi connectivity index (χ1n) is 4.52. The second-order valence-corrected chi connectivity index (χ2v) is 4.13. The van der Waals surface area contributed by atoms with Gasteiger partial charge in [-0.15, -0.1) is 21.8 Å². The van der Waals surface area contributed by atoms with Crippen LogP contribution in [-0.2, 0) is 5.88 Å². The van der Waals surface area contributed by atoms with Crippen LogP contribution in [0, 0.1) is 0 Å². The zero-order valence-electron chi connectivity index (χ0n) is 8.18. The van der Waals surface area contributed by atoms with E-state index in [0.29, 0.717) is 16.6 Å². The standard InChI is InChI=1S/C10H8ClN3OS/c11-5-7-1-3-8(4-2-7)9(15)13-10-14-12-6-16-10/h1-4,6H,5H2,(H,13,14,15). The average molecular weight is 254 g/mol. The maximum atomic E-state index is 11.7. The molecule has 0 atom stereocenters. The summed E-state index contributed by atoms with van der Waals surface area (Å²) in [7, 11) is 0. The van der Waals surface area contributed by atoms with Crippen molar-refractivity contribution in [2.24, 2.45) is 0 Å². The van der Waals surface area contributed by atoms with Gasteiger partial charge in [0.25, 0.3) is 5.91 Å². The monoisotopic (exact) mass is 253 g/mol. The van der Waals surface area contributed by atoms with Crippen molar-refractivity contribution in [1.82, 2.24) is 10.2 Å². The quantitative estimate of drug-likeness (QED) is 0.856. The van der Waals surface area contributed by atoms with Gasteiger partial charge in [0.05, 0.1) is 0 Å². The summed E-state index contributed by atoms with van der Waals surface area (Å²) in [6.45, 7) is 0. The molecule has 1 aromatic carbocycles. The molecule has 1 amide bonds. The van der Waals surface area contributed by atoms with Crippen LogP contribution in [0.1, 0.15) is 15.9 Å². The maximum Gasteiger partial charge on any atom is 0.257 e. The lowest BCUT2D eigenvalue weighted by Gasteiger charge is -2.01. The van der Waals surface area contributed by atoms with E-state index in [0.717, 1.165) is 5.56 Å². The third-order valence-corrected chi connectivity index (χ3v) is 2.87. The zero-order valence-corrected chi connectivity index (χ0v) is 9.76. The number of nitrogens with zero attached hydrogens (tertiary/aromatic N) is 2. The summed E-state index contributed by atoms with van der Waals surface area (Å²) in [5, 5.41) is 10.5. The second kappa shape index (κ2) is 5.05. The first kappa shape index (κ1) is 11.0. The highest BCUT2D eigenvalue weighted by Crippen LogP contribution is 2.12. The first-order valence-corrected chi connectivity index (χ1v) is 5.93. The molecule has 1 aromatic heterocycles. The van der Waals surface area contributed by atoms with Crippen molar-refractivity contribution in [3.8, 4) is 0 Å². The van der Waals surface area contributed by atoms with Crippen LogP contribution in [0.15, 0.2) is 29.8 Å². The van der Waals surface area contributed by atoms with Gasteiger partial charge < -0.3 is 0 Å². The van der Waals surface area contributed by atoms with E-state index < -0.39 is 0 Å². The number of anilines is 1. The molecule has 4 nitrogen and oxygen atoms in total. The SMILES string of the molecule is O=C(Nc1nncs1)c1ccc(CCl)cc1. The van der Waals surface area contributed by atoms with Gasteiger partial charge in [0.2, 0.25) is 5.13 Å². The lowest BCUT2D eigenvalue weighted by Crippen LogP contribution is -2.11. The molecule has 1 N–H and O–H groups in total. The Hall–Kier alpha value is -1.46. The normalized spacial score (nSPS) is 10.1. The van der Waals surface area contributed by atoms with Crippen LogP contribution in [0.4, 0.5) is 5.13 Å². The minimum absolute atomic E-state index is 0.196. The summed E-state index contributed by atoms with van der Waals surface area (Å²) in [6.07, 6.45) is 0. The minimum Gasteiger partial charge on any atom is -0.296 e. The fourth-order valence-corrected chi connectivity index (χ4v) is 1.76. The highest BCUT2D eigenvalue weighted by atomic mass is 35.5. The molecule has 0 radical (unpaired) electrons. The van der Waals surface area contributed by atoms with Crippen LogP contribution in [-0.4, -0.2) is 16.1 Å². The Labute approximate surface area is 101 Å². The molecule has 1 heterocycles. The number of nitrogens with one attached hydrogen (secondary N) is 1. The van der Waals surface area contributed by atoms with Gasteiger partial charge in [-0.1, -0.05) is 23.5 Å². The Balaban J connectivity index is 2.09. The minimum atomic E-state index is -0.196. The van der Waals surface area contributed by atoms with Crippen molar-refractivity contribution in [2.75, 3.05) is 5.32 Å². The maximum absolute atomic E-state index is 11.7. The molecule has 0 fully saturated rings. The van der Waals surface area contributed by atoms with E-state index in [-0.39, 0.29) is 5.91 Å². The molecule has 0 saturated heterocycles. The number of hydrogen-bond acceptors (Lipinski definition) is 4. The van der Waals surface area contributed by atoms with Crippen molar-refractivity contribution in [2.45, 2.75) is 5.88 Å². The van der Waals surface area contributed by atoms with Crippen LogP contribution in [0.25, 0.3) is 0 Å². The summed E-state index contributed by atoms with van der Waals surface area (Å²) < 4.78 is 0. The van der Waals surface area contributed by atoms with Gasteiger partial charge in [0, 0.05) is 11.4 Å². The summed E-state index contributed by atoms with van der Waals surface area (Å²) in [5.74, 6) is 0.246. The summed E-state index contributed by atoms with van der Waals surface area (Å²) >= 11 is 6.94. The highest BCUT2D eigenvalue weighted by Gasteiger charge is 2.07. The van der Waals surface area contributed by atoms with Gasteiger partial charge in [-0.3, -0.25) is 10.1 Å². The predicted octanol–water partition coefficient (Wildman–Crippen LogP) is 2.53. The van der Waals surface area contributed by atoms with E-state index in [2.05, 4.69) is 15.5 Å². The van der Waals surface area contributed by atoms with Crippen molar-refractivity contribution in [3.05, 3.63) is 40.9 Å². The van der Waals surface area contributed by atoms with Crippen LogP contribution in [0.3, 0.4) is 0 Å². The van der Waals surface area contributed by atoms with Gasteiger partial charge in [0.1, 0.15) is 5.51 Å². The van der Waals surface area contributed by atoms with Crippen LogP contribution in [0.5, 0.6) is 0 Å². The largest absolute Gasteiger partial charge is 0.296 e. The number of benzene rings is 1. The number of rotatable bonds is 3. The Morgan fingerprint density at radius 1 is 1.38 bits per heavy atom. The third kappa shape index (κ3) is 2.56. The summed E-state index contributed by atoms with van der Waals surface area (Å²) in [4.78, 5) is 11.7. The van der Waals surface area contributed by atoms with Crippen molar-refractivity contribution >= 4 is 34.0 Å². The Morgan fingerprint density at radius 3 is 2.69 bits per heavy atom. The first-order chi connectivity index (χ1) is 7.79. The number of carbonyl (C=O) groups is 1. The molecule has 0 aliphatic carbocycles. The second-order valence-electron chi connectivity index (χ2n) is 3.03. The van der Waals surface area contributed by atoms with E-state index in [4.69, 9.17) is 11.6 Å². The number of aromatic nitrogens is 2. The van der Waals surface area contributed by atoms with E-state index >= 15 is 0 Å². The number of halogens is 1. The molecule has 0 bridgehead atoms. The number of amides is 1. The molecule has 0 saturated carbocycles. The molecule has 6 heteroatoms. The molecule has 16 heavy (non-hydrogen) atoms. The smallest absolute Gasteiger partial charge is 0.257 e. The van der Waals surface area contributed by atoms with Gasteiger partial charge >= 0.3 is 0 Å². The molecular weight excluding hydrogens is 246 g/mol. The summed E-state index contributed by atoms with van der Waals surface area (Å²) in [6, 6.07) is 7.10. The van der Waals surface area contributed by atoms with Gasteiger partial charge in [0.15, 0.2) is 0 Å². The molecule has 82 valence electrons. The van der Waals surface area contributed by atoms with Crippen molar-refractivity contribution in [3.63, 3.8) is 0 Å². The molecule has 0 aliphatic heterocycles. The Morgan fingerprint density at radius 2 is 2.12 bits per heavy atom. The van der Waals surface area contributed by atoms with Crippen molar-refractivity contribution < 1.29 is 4.79 Å². The third-order valence-electron chi connectivity index (χ3n) is 1.95. The topological polar surface area (TPSA) is 54.9 Å². The lowest BCUT2D eigenvalue weighted by molar-refractivity contribution is 0.102. The predicted molar refractivity (Wildman–Crippen MR) is 63.9 cm³/mol. The highest BCUT2D eigenvalue weighted by molar-refractivity contribution is 7.13. The lowest BCUT2D eigenvalue weighted by atomic mass is 10.1. The van der Waals surface area contributed by atoms with E-state index in [1.54, 1.807) is 17.6 Å². The molecule has 2 rings (SSSR count). The van der Waals surface area contributed by atoms with Crippen LogP contribution < -0.4 is 5.32 Å². The zero-order chi connectivity index (χ0) is 11.4. The number of hydrogen-bond donors (Lipinski definition) is 1. The van der Waals surface area contributed by atoms with Gasteiger partial charge in [-0.05, 0) is 17.7 Å². The molecule has 0 unspecified atom stereocenters. The molecule has 0 aliphatic rings. The van der Waals surface area contributed by atoms with Crippen molar-refractivity contribution in [1.29, 1.82) is 0 Å². The fourth-order valence-electron chi connectivity index (χ4n) is 1.14. The van der Waals surface area contributed by atoms with E-state index in [1.165, 1.54) is 11.3 Å². The van der Waals surface area contributed by atoms with Gasteiger partial charge in [-0.25, -0.2) is 0 Å². The molecule has 2 aromatic rings. The average Bonchev–Trinajstić information content (AvgIpc) is 2.82. The Kier molecular flexibility index (Phi) is 3.48. The van der Waals surface area contributed by atoms with E-state index in [9.17, 15) is 4.79 Å². The molecular formula is C10H8ClN3OS. The summed E-state index contributed by atoms with van der Waals surface area (Å²) in [5.41, 5.74) is 3.12. The molecule has 0 spiro atoms. The van der Waals surface area contributed by atoms with Gasteiger partial charge in [-0.2, -0.15) is 0 Å². The number of alkyl halides is 1. The Bertz CT molecular complexity index is 469. The van der Waals surface area contributed by atoms with Crippen LogP contribution >= 0.6 is 22.9 Å². The number of carbonyl (C=O) groups excluding carboxylic acids is 1. The van der Waals surface area contributed by atoms with Crippen LogP contribution in [0.2, 0.25) is 0 Å². The van der Waals surface area contributed by atoms with E-state index in [1.807, 2.05) is 12.1 Å².